The Hall–Kier alpha value is -1.92. The van der Waals surface area contributed by atoms with E-state index in [0.717, 1.165) is 25.3 Å². The molecule has 3 aliphatic rings. The molecular formula is C22H30ClN3O3. The maximum absolute atomic E-state index is 13.3. The Labute approximate surface area is 178 Å². The zero-order valence-electron chi connectivity index (χ0n) is 17.1. The van der Waals surface area contributed by atoms with Gasteiger partial charge in [-0.3, -0.25) is 19.3 Å². The van der Waals surface area contributed by atoms with Crippen LogP contribution in [-0.4, -0.2) is 59.2 Å². The lowest BCUT2D eigenvalue weighted by Gasteiger charge is -2.37. The second-order valence-electron chi connectivity index (χ2n) is 8.67. The van der Waals surface area contributed by atoms with Crippen LogP contribution in [0.1, 0.15) is 60.2 Å². The lowest BCUT2D eigenvalue weighted by molar-refractivity contribution is -0.138. The van der Waals surface area contributed by atoms with E-state index in [2.05, 4.69) is 5.32 Å². The van der Waals surface area contributed by atoms with Crippen LogP contribution < -0.4 is 5.32 Å². The molecule has 1 aromatic carbocycles. The Bertz CT molecular complexity index is 750. The third-order valence-corrected chi connectivity index (χ3v) is 6.19. The van der Waals surface area contributed by atoms with E-state index >= 15 is 0 Å². The van der Waals surface area contributed by atoms with E-state index in [4.69, 9.17) is 0 Å². The van der Waals surface area contributed by atoms with Crippen LogP contribution in [-0.2, 0) is 4.79 Å². The van der Waals surface area contributed by atoms with Crippen molar-refractivity contribution in [2.45, 2.75) is 51.6 Å². The van der Waals surface area contributed by atoms with E-state index < -0.39 is 6.04 Å². The molecule has 0 aromatic heterocycles. The average Bonchev–Trinajstić information content (AvgIpc) is 3.50. The third-order valence-electron chi connectivity index (χ3n) is 6.19. The number of likely N-dealkylation sites (tertiary alicyclic amines) is 1. The summed E-state index contributed by atoms with van der Waals surface area (Å²) >= 11 is 0. The Kier molecular flexibility index (Phi) is 6.64. The molecule has 158 valence electrons. The molecule has 1 unspecified atom stereocenters. The molecule has 29 heavy (non-hydrogen) atoms. The fourth-order valence-corrected chi connectivity index (χ4v) is 4.30. The van der Waals surface area contributed by atoms with Crippen molar-refractivity contribution in [2.75, 3.05) is 19.6 Å². The summed E-state index contributed by atoms with van der Waals surface area (Å²) in [5.74, 6) is -0.105. The van der Waals surface area contributed by atoms with Gasteiger partial charge in [-0.05, 0) is 56.2 Å². The molecule has 1 atom stereocenters. The first-order valence-electron chi connectivity index (χ1n) is 10.5. The highest BCUT2D eigenvalue weighted by molar-refractivity contribution is 6.22. The zero-order valence-corrected chi connectivity index (χ0v) is 17.9. The van der Waals surface area contributed by atoms with Gasteiger partial charge in [0.25, 0.3) is 11.8 Å². The van der Waals surface area contributed by atoms with Crippen LogP contribution in [0.15, 0.2) is 24.3 Å². The number of carbonyl (C=O) groups is 3. The van der Waals surface area contributed by atoms with E-state index in [9.17, 15) is 14.4 Å². The SMILES string of the molecule is CC(C)C(C(=O)N1CCC(NCC2CC2)CC1)N1C(=O)c2ccccc2C1=O.Cl. The summed E-state index contributed by atoms with van der Waals surface area (Å²) in [6.45, 7) is 6.23. The van der Waals surface area contributed by atoms with Crippen LogP contribution >= 0.6 is 12.4 Å². The van der Waals surface area contributed by atoms with Gasteiger partial charge in [0.15, 0.2) is 0 Å². The number of hydrogen-bond acceptors (Lipinski definition) is 4. The monoisotopic (exact) mass is 419 g/mol. The van der Waals surface area contributed by atoms with Gasteiger partial charge in [0.1, 0.15) is 6.04 Å². The summed E-state index contributed by atoms with van der Waals surface area (Å²) in [4.78, 5) is 42.1. The van der Waals surface area contributed by atoms with Crippen LogP contribution in [0.5, 0.6) is 0 Å². The number of piperidine rings is 1. The van der Waals surface area contributed by atoms with Gasteiger partial charge in [0, 0.05) is 19.1 Å². The van der Waals surface area contributed by atoms with Crippen LogP contribution in [0.3, 0.4) is 0 Å². The van der Waals surface area contributed by atoms with Crippen LogP contribution in [0.25, 0.3) is 0 Å². The molecule has 0 bridgehead atoms. The molecule has 2 heterocycles. The lowest BCUT2D eigenvalue weighted by Crippen LogP contribution is -2.56. The van der Waals surface area contributed by atoms with Crippen molar-refractivity contribution in [3.05, 3.63) is 35.4 Å². The number of carbonyl (C=O) groups excluding carboxylic acids is 3. The summed E-state index contributed by atoms with van der Waals surface area (Å²) in [6, 6.07) is 6.53. The van der Waals surface area contributed by atoms with Crippen molar-refractivity contribution in [1.29, 1.82) is 0 Å². The van der Waals surface area contributed by atoms with Crippen LogP contribution in [0.4, 0.5) is 0 Å². The minimum absolute atomic E-state index is 0. The predicted octanol–water partition coefficient (Wildman–Crippen LogP) is 2.72. The molecular weight excluding hydrogens is 390 g/mol. The first kappa shape index (κ1) is 21.8. The largest absolute Gasteiger partial charge is 0.341 e. The van der Waals surface area contributed by atoms with Crippen LogP contribution in [0, 0.1) is 11.8 Å². The Morgan fingerprint density at radius 1 is 1.03 bits per heavy atom. The number of benzene rings is 1. The van der Waals surface area contributed by atoms with Gasteiger partial charge in [0.2, 0.25) is 5.91 Å². The first-order valence-corrected chi connectivity index (χ1v) is 10.5. The number of amides is 3. The second-order valence-corrected chi connectivity index (χ2v) is 8.67. The summed E-state index contributed by atoms with van der Waals surface area (Å²) in [5, 5.41) is 3.62. The molecule has 1 aromatic rings. The summed E-state index contributed by atoms with van der Waals surface area (Å²) in [5.41, 5.74) is 0.794. The second kappa shape index (κ2) is 8.84. The average molecular weight is 420 g/mol. The minimum Gasteiger partial charge on any atom is -0.341 e. The van der Waals surface area contributed by atoms with Crippen molar-refractivity contribution in [3.8, 4) is 0 Å². The molecule has 0 spiro atoms. The van der Waals surface area contributed by atoms with E-state index in [1.807, 2.05) is 18.7 Å². The van der Waals surface area contributed by atoms with E-state index in [0.29, 0.717) is 30.3 Å². The van der Waals surface area contributed by atoms with E-state index in [-0.39, 0.29) is 36.0 Å². The molecule has 0 radical (unpaired) electrons. The predicted molar refractivity (Wildman–Crippen MR) is 113 cm³/mol. The van der Waals surface area contributed by atoms with Crippen molar-refractivity contribution in [1.82, 2.24) is 15.1 Å². The standard InChI is InChI=1S/C22H29N3O3.ClH/c1-14(2)19(25-20(26)17-5-3-4-6-18(17)21(25)27)22(28)24-11-9-16(10-12-24)23-13-15-7-8-15;/h3-6,14-16,19,23H,7-13H2,1-2H3;1H. The fraction of sp³-hybridized carbons (Fsp3) is 0.591. The maximum Gasteiger partial charge on any atom is 0.262 e. The van der Waals surface area contributed by atoms with Crippen molar-refractivity contribution < 1.29 is 14.4 Å². The maximum atomic E-state index is 13.3. The van der Waals surface area contributed by atoms with Gasteiger partial charge in [-0.25, -0.2) is 0 Å². The number of nitrogens with one attached hydrogen (secondary N) is 1. The number of imide groups is 1. The fourth-order valence-electron chi connectivity index (χ4n) is 4.30. The van der Waals surface area contributed by atoms with Gasteiger partial charge in [-0.1, -0.05) is 26.0 Å². The quantitative estimate of drug-likeness (QED) is 0.720. The molecule has 1 saturated carbocycles. The summed E-state index contributed by atoms with van der Waals surface area (Å²) in [7, 11) is 0. The van der Waals surface area contributed by atoms with Gasteiger partial charge in [-0.15, -0.1) is 12.4 Å². The topological polar surface area (TPSA) is 69.7 Å². The summed E-state index contributed by atoms with van der Waals surface area (Å²) < 4.78 is 0. The lowest BCUT2D eigenvalue weighted by atomic mass is 9.98. The number of halogens is 1. The highest BCUT2D eigenvalue weighted by Gasteiger charge is 2.45. The molecule has 7 heteroatoms. The zero-order chi connectivity index (χ0) is 19.8. The van der Waals surface area contributed by atoms with Crippen molar-refractivity contribution in [2.24, 2.45) is 11.8 Å². The van der Waals surface area contributed by atoms with Gasteiger partial charge < -0.3 is 10.2 Å². The Morgan fingerprint density at radius 3 is 2.07 bits per heavy atom. The van der Waals surface area contributed by atoms with E-state index in [1.54, 1.807) is 24.3 Å². The van der Waals surface area contributed by atoms with Crippen molar-refractivity contribution >= 4 is 30.1 Å². The Morgan fingerprint density at radius 2 is 1.59 bits per heavy atom. The molecule has 1 aliphatic carbocycles. The van der Waals surface area contributed by atoms with Gasteiger partial charge in [0.05, 0.1) is 11.1 Å². The number of rotatable bonds is 6. The molecule has 2 fully saturated rings. The Balaban J connectivity index is 0.00000240. The van der Waals surface area contributed by atoms with E-state index in [1.165, 1.54) is 17.7 Å². The van der Waals surface area contributed by atoms with Gasteiger partial charge >= 0.3 is 0 Å². The van der Waals surface area contributed by atoms with Gasteiger partial charge in [-0.2, -0.15) is 0 Å². The number of hydrogen-bond donors (Lipinski definition) is 1. The molecule has 6 nitrogen and oxygen atoms in total. The van der Waals surface area contributed by atoms with Crippen LogP contribution in [0.2, 0.25) is 0 Å². The summed E-state index contributed by atoms with van der Waals surface area (Å²) in [6.07, 6.45) is 4.51. The van der Waals surface area contributed by atoms with Crippen molar-refractivity contribution in [3.63, 3.8) is 0 Å². The highest BCUT2D eigenvalue weighted by atomic mass is 35.5. The molecule has 2 aliphatic heterocycles. The minimum atomic E-state index is -0.747. The number of nitrogens with zero attached hydrogens (tertiary/aromatic N) is 2. The molecule has 4 rings (SSSR count). The normalized spacial score (nSPS) is 20.7. The number of fused-ring (bicyclic) bond motifs is 1. The molecule has 1 N–H and O–H groups in total. The molecule has 1 saturated heterocycles. The smallest absolute Gasteiger partial charge is 0.262 e. The molecule has 3 amide bonds. The first-order chi connectivity index (χ1) is 13.5. The highest BCUT2D eigenvalue weighted by Crippen LogP contribution is 2.30. The third kappa shape index (κ3) is 4.33.